The van der Waals surface area contributed by atoms with Crippen LogP contribution in [0.15, 0.2) is 42.7 Å². The zero-order valence-electron chi connectivity index (χ0n) is 17.5. The highest BCUT2D eigenvalue weighted by molar-refractivity contribution is 5.37. The summed E-state index contributed by atoms with van der Waals surface area (Å²) in [6, 6.07) is 10.8. The lowest BCUT2D eigenvalue weighted by Gasteiger charge is -2.31. The molecule has 1 saturated heterocycles. The molecule has 1 aromatic carbocycles. The number of anilines is 1. The van der Waals surface area contributed by atoms with Gasteiger partial charge in [0, 0.05) is 24.9 Å². The summed E-state index contributed by atoms with van der Waals surface area (Å²) in [6.07, 6.45) is 9.47. The maximum atomic E-state index is 4.22. The van der Waals surface area contributed by atoms with Crippen LogP contribution in [0.2, 0.25) is 0 Å². The number of fused-ring (bicyclic) bond motifs is 1. The molecule has 28 heavy (non-hydrogen) atoms. The molecule has 1 aliphatic heterocycles. The fourth-order valence-electron chi connectivity index (χ4n) is 4.05. The van der Waals surface area contributed by atoms with Crippen molar-refractivity contribution in [2.24, 2.45) is 11.3 Å². The van der Waals surface area contributed by atoms with Gasteiger partial charge in [-0.05, 0) is 47.8 Å². The fraction of sp³-hybridized carbons (Fsp3) is 0.565. The molecular formula is C23H35N4O+. The number of aromatic nitrogens is 2. The summed E-state index contributed by atoms with van der Waals surface area (Å²) in [5.41, 5.74) is 6.48. The number of aliphatic hydroxyl groups is 1. The lowest BCUT2D eigenvalue weighted by atomic mass is 9.73. The lowest BCUT2D eigenvalue weighted by Crippen LogP contribution is -2.24. The number of rotatable bonds is 4. The summed E-state index contributed by atoms with van der Waals surface area (Å²) in [7, 11) is 0. The van der Waals surface area contributed by atoms with E-state index in [9.17, 15) is 0 Å². The van der Waals surface area contributed by atoms with Crippen molar-refractivity contribution >= 4 is 5.95 Å². The molecule has 0 bridgehead atoms. The van der Waals surface area contributed by atoms with Crippen LogP contribution >= 0.6 is 0 Å². The molecule has 0 spiro atoms. The molecule has 3 N–H and O–H groups in total. The Labute approximate surface area is 169 Å². The van der Waals surface area contributed by atoms with E-state index < -0.39 is 0 Å². The Morgan fingerprint density at radius 2 is 1.75 bits per heavy atom. The predicted octanol–water partition coefficient (Wildman–Crippen LogP) is 3.92. The largest absolute Gasteiger partial charge is 0.351 e. The second-order valence-corrected chi connectivity index (χ2v) is 8.50. The summed E-state index contributed by atoms with van der Waals surface area (Å²) >= 11 is 0. The van der Waals surface area contributed by atoms with Crippen molar-refractivity contribution in [1.29, 1.82) is 0 Å². The Morgan fingerprint density at radius 1 is 1.07 bits per heavy atom. The van der Waals surface area contributed by atoms with Gasteiger partial charge in [0.15, 0.2) is 6.61 Å². The van der Waals surface area contributed by atoms with E-state index in [0.29, 0.717) is 11.5 Å². The highest BCUT2D eigenvalue weighted by Gasteiger charge is 2.29. The van der Waals surface area contributed by atoms with Gasteiger partial charge in [0.25, 0.3) is 0 Å². The van der Waals surface area contributed by atoms with E-state index >= 15 is 0 Å². The van der Waals surface area contributed by atoms with Crippen LogP contribution in [-0.2, 0) is 12.8 Å². The van der Waals surface area contributed by atoms with E-state index in [1.165, 1.54) is 30.4 Å². The number of nitrogens with one attached hydrogen (secondary N) is 2. The monoisotopic (exact) mass is 383 g/mol. The standard InChI is InChI=1S/C13H13N3.C10H21NO/c1-2-5-11-9-12(8-10(11)4-1)16-13-14-6-3-7-15-13;1-4-10(2,3)9-5-7-11-12-8-6-9/h1-7,12H,8-9H2,(H,14,15,16);9,11H,4-8H2,1-3H3/p+1. The number of hydrogen-bond donors (Lipinski definition) is 2. The van der Waals surface area contributed by atoms with Gasteiger partial charge in [0.05, 0.1) is 6.54 Å². The quantitative estimate of drug-likeness (QED) is 0.786. The Bertz CT molecular complexity index is 687. The first-order chi connectivity index (χ1) is 13.6. The molecule has 1 aliphatic carbocycles. The van der Waals surface area contributed by atoms with E-state index in [2.05, 4.69) is 70.6 Å². The van der Waals surface area contributed by atoms with Crippen LogP contribution in [-0.4, -0.2) is 34.0 Å². The zero-order valence-corrected chi connectivity index (χ0v) is 17.5. The Balaban J connectivity index is 0.000000169. The van der Waals surface area contributed by atoms with Gasteiger partial charge in [-0.15, -0.1) is 0 Å². The first-order valence-electron chi connectivity index (χ1n) is 10.6. The van der Waals surface area contributed by atoms with Crippen molar-refractivity contribution in [3.8, 4) is 0 Å². The van der Waals surface area contributed by atoms with Gasteiger partial charge < -0.3 is 10.2 Å². The maximum absolute atomic E-state index is 4.22. The van der Waals surface area contributed by atoms with Crippen molar-refractivity contribution in [3.05, 3.63) is 53.9 Å². The highest BCUT2D eigenvalue weighted by Crippen LogP contribution is 2.35. The molecule has 2 heterocycles. The van der Waals surface area contributed by atoms with E-state index in [-0.39, 0.29) is 0 Å². The summed E-state index contributed by atoms with van der Waals surface area (Å²) < 4.78 is 0. The third-order valence-electron chi connectivity index (χ3n) is 6.27. The Kier molecular flexibility index (Phi) is 7.40. The minimum absolute atomic E-state index is 0.430. The van der Waals surface area contributed by atoms with E-state index in [1.54, 1.807) is 12.4 Å². The van der Waals surface area contributed by atoms with E-state index in [0.717, 1.165) is 37.9 Å². The highest BCUT2D eigenvalue weighted by atomic mass is 16.6. The molecule has 0 amide bonds. The van der Waals surface area contributed by atoms with Crippen LogP contribution in [0.25, 0.3) is 0 Å². The van der Waals surface area contributed by atoms with Gasteiger partial charge in [-0.25, -0.2) is 9.97 Å². The van der Waals surface area contributed by atoms with Crippen molar-refractivity contribution in [1.82, 2.24) is 15.4 Å². The minimum Gasteiger partial charge on any atom is -0.351 e. The molecule has 2 aromatic rings. The topological polar surface area (TPSA) is 62.6 Å². The van der Waals surface area contributed by atoms with Gasteiger partial charge in [0.1, 0.15) is 0 Å². The van der Waals surface area contributed by atoms with Gasteiger partial charge in [0.2, 0.25) is 5.95 Å². The average molecular weight is 384 g/mol. The predicted molar refractivity (Wildman–Crippen MR) is 115 cm³/mol. The third kappa shape index (κ3) is 5.76. The van der Waals surface area contributed by atoms with Crippen molar-refractivity contribution < 1.29 is 4.84 Å². The summed E-state index contributed by atoms with van der Waals surface area (Å²) in [5, 5.41) is 3.37. The molecule has 1 unspecified atom stereocenters. The molecule has 1 atom stereocenters. The van der Waals surface area contributed by atoms with Crippen LogP contribution in [0.5, 0.6) is 0 Å². The molecule has 1 aromatic heterocycles. The molecule has 0 radical (unpaired) electrons. The Hall–Kier alpha value is -1.98. The number of hydroxylamine groups is 1. The smallest absolute Gasteiger partial charge is 0.222 e. The fourth-order valence-corrected chi connectivity index (χ4v) is 4.05. The zero-order chi connectivity index (χ0) is 19.8. The van der Waals surface area contributed by atoms with Crippen molar-refractivity contribution in [2.75, 3.05) is 18.5 Å². The van der Waals surface area contributed by atoms with E-state index in [1.807, 2.05) is 6.07 Å². The molecule has 152 valence electrons. The summed E-state index contributed by atoms with van der Waals surface area (Å²) in [5.74, 6) is 1.57. The second kappa shape index (κ2) is 9.99. The summed E-state index contributed by atoms with van der Waals surface area (Å²) in [6.45, 7) is 9.10. The first-order valence-corrected chi connectivity index (χ1v) is 10.6. The number of nitrogens with zero attached hydrogens (tertiary/aromatic N) is 2. The molecule has 4 rings (SSSR count). The van der Waals surface area contributed by atoms with E-state index in [4.69, 9.17) is 0 Å². The maximum Gasteiger partial charge on any atom is 0.222 e. The first kappa shape index (κ1) is 20.7. The molecular weight excluding hydrogens is 348 g/mol. The van der Waals surface area contributed by atoms with Crippen LogP contribution in [0.1, 0.15) is 51.2 Å². The normalized spacial score (nSPS) is 19.9. The number of benzene rings is 1. The van der Waals surface area contributed by atoms with Gasteiger partial charge in [-0.1, -0.05) is 56.9 Å². The van der Waals surface area contributed by atoms with Crippen LogP contribution in [0, 0.1) is 11.3 Å². The SMILES string of the molecule is CCC(C)(C)C1CCN[OH+]CC1.c1cnc(NC2Cc3ccccc3C2)nc1. The third-order valence-corrected chi connectivity index (χ3v) is 6.27. The molecule has 5 nitrogen and oxygen atoms in total. The Morgan fingerprint density at radius 3 is 2.39 bits per heavy atom. The molecule has 1 fully saturated rings. The molecule has 2 aliphatic rings. The number of hydrogen-bond acceptors (Lipinski definition) is 4. The van der Waals surface area contributed by atoms with Crippen LogP contribution in [0.4, 0.5) is 5.95 Å². The minimum atomic E-state index is 0.430. The van der Waals surface area contributed by atoms with Gasteiger partial charge in [-0.2, -0.15) is 0 Å². The van der Waals surface area contributed by atoms with Crippen LogP contribution < -0.4 is 10.8 Å². The molecule has 5 heteroatoms. The van der Waals surface area contributed by atoms with Crippen molar-refractivity contribution in [2.45, 2.75) is 58.9 Å². The van der Waals surface area contributed by atoms with Gasteiger partial charge in [-0.3, -0.25) is 0 Å². The summed E-state index contributed by atoms with van der Waals surface area (Å²) in [4.78, 5) is 12.6. The molecule has 0 saturated carbocycles. The average Bonchev–Trinajstić information content (AvgIpc) is 2.91. The van der Waals surface area contributed by atoms with Crippen molar-refractivity contribution in [3.63, 3.8) is 0 Å². The van der Waals surface area contributed by atoms with Crippen LogP contribution in [0.3, 0.4) is 0 Å². The second-order valence-electron chi connectivity index (χ2n) is 8.50. The van der Waals surface area contributed by atoms with Gasteiger partial charge >= 0.3 is 0 Å². The lowest BCUT2D eigenvalue weighted by molar-refractivity contribution is -0.114.